The molecule has 3 amide bonds. The summed E-state index contributed by atoms with van der Waals surface area (Å²) in [6.07, 6.45) is 0. The van der Waals surface area contributed by atoms with E-state index in [4.69, 9.17) is 4.74 Å². The number of amides is 3. The standard InChI is InChI=1S/C24H24N4O6S/c1-27(2)35(32,33)21-15-13-18(14-16-21)23(30)34-17-22(29)28(20-11-7-4-8-12-20)26-24(31)25-19-9-5-3-6-10-19/h3-16H,17H2,1-2H3,(H2,25,26,31). The lowest BCUT2D eigenvalue weighted by atomic mass is 10.2. The molecule has 3 rings (SSSR count). The number of hydrogen-bond acceptors (Lipinski definition) is 6. The quantitative estimate of drug-likeness (QED) is 0.383. The van der Waals surface area contributed by atoms with E-state index in [0.29, 0.717) is 11.4 Å². The fraction of sp³-hybridized carbons (Fsp3) is 0.125. The molecule has 0 saturated carbocycles. The highest BCUT2D eigenvalue weighted by Gasteiger charge is 2.22. The van der Waals surface area contributed by atoms with Crippen LogP contribution in [0, 0.1) is 0 Å². The van der Waals surface area contributed by atoms with E-state index in [1.807, 2.05) is 0 Å². The molecule has 10 nitrogen and oxygen atoms in total. The fourth-order valence-corrected chi connectivity index (χ4v) is 3.78. The monoisotopic (exact) mass is 496 g/mol. The second kappa shape index (κ2) is 11.3. The highest BCUT2D eigenvalue weighted by Crippen LogP contribution is 2.15. The minimum Gasteiger partial charge on any atom is -0.452 e. The van der Waals surface area contributed by atoms with Crippen LogP contribution in [0.25, 0.3) is 0 Å². The Morgan fingerprint density at radius 1 is 0.829 bits per heavy atom. The lowest BCUT2D eigenvalue weighted by molar-refractivity contribution is -0.122. The van der Waals surface area contributed by atoms with Crippen LogP contribution in [0.3, 0.4) is 0 Å². The second-order valence-electron chi connectivity index (χ2n) is 7.38. The normalized spacial score (nSPS) is 10.9. The Labute approximate surface area is 203 Å². The van der Waals surface area contributed by atoms with Gasteiger partial charge in [0.2, 0.25) is 10.0 Å². The molecule has 2 N–H and O–H groups in total. The first-order valence-corrected chi connectivity index (χ1v) is 11.8. The van der Waals surface area contributed by atoms with Crippen molar-refractivity contribution in [3.8, 4) is 0 Å². The lowest BCUT2D eigenvalue weighted by Crippen LogP contribution is -2.49. The molecular weight excluding hydrogens is 472 g/mol. The summed E-state index contributed by atoms with van der Waals surface area (Å²) < 4.78 is 30.5. The molecule has 0 aliphatic rings. The maximum absolute atomic E-state index is 12.8. The van der Waals surface area contributed by atoms with E-state index >= 15 is 0 Å². The van der Waals surface area contributed by atoms with Gasteiger partial charge in [-0.15, -0.1) is 0 Å². The van der Waals surface area contributed by atoms with E-state index in [1.165, 1.54) is 38.4 Å². The van der Waals surface area contributed by atoms with Gasteiger partial charge in [-0.25, -0.2) is 32.7 Å². The first-order valence-electron chi connectivity index (χ1n) is 10.4. The average molecular weight is 497 g/mol. The van der Waals surface area contributed by atoms with Gasteiger partial charge in [0, 0.05) is 19.8 Å². The van der Waals surface area contributed by atoms with E-state index in [0.717, 1.165) is 9.31 Å². The molecule has 35 heavy (non-hydrogen) atoms. The van der Waals surface area contributed by atoms with Gasteiger partial charge in [0.05, 0.1) is 16.1 Å². The summed E-state index contributed by atoms with van der Waals surface area (Å²) in [5.74, 6) is -1.53. The summed E-state index contributed by atoms with van der Waals surface area (Å²) in [5.41, 5.74) is 3.40. The van der Waals surface area contributed by atoms with Gasteiger partial charge in [-0.2, -0.15) is 0 Å². The predicted molar refractivity (Wildman–Crippen MR) is 130 cm³/mol. The maximum Gasteiger partial charge on any atom is 0.338 e. The van der Waals surface area contributed by atoms with Crippen LogP contribution < -0.4 is 15.8 Å². The number of para-hydroxylation sites is 2. The van der Waals surface area contributed by atoms with Gasteiger partial charge >= 0.3 is 12.0 Å². The molecule has 11 heteroatoms. The number of hydrogen-bond donors (Lipinski definition) is 2. The Morgan fingerprint density at radius 3 is 1.97 bits per heavy atom. The Kier molecular flexibility index (Phi) is 8.18. The van der Waals surface area contributed by atoms with Crippen LogP contribution in [0.15, 0.2) is 89.8 Å². The van der Waals surface area contributed by atoms with Crippen molar-refractivity contribution >= 4 is 39.3 Å². The summed E-state index contributed by atoms with van der Waals surface area (Å²) in [7, 11) is -0.850. The molecule has 0 aliphatic carbocycles. The first-order chi connectivity index (χ1) is 16.7. The van der Waals surface area contributed by atoms with Crippen molar-refractivity contribution in [2.45, 2.75) is 4.90 Å². The molecule has 3 aromatic carbocycles. The number of esters is 1. The molecule has 0 aliphatic heterocycles. The van der Waals surface area contributed by atoms with Crippen LogP contribution in [0.1, 0.15) is 10.4 Å². The van der Waals surface area contributed by atoms with Crippen molar-refractivity contribution in [3.63, 3.8) is 0 Å². The summed E-state index contributed by atoms with van der Waals surface area (Å²) >= 11 is 0. The third kappa shape index (κ3) is 6.65. The molecule has 0 bridgehead atoms. The average Bonchev–Trinajstić information content (AvgIpc) is 2.86. The number of urea groups is 1. The largest absolute Gasteiger partial charge is 0.452 e. The molecule has 0 saturated heterocycles. The van der Waals surface area contributed by atoms with Gasteiger partial charge in [-0.05, 0) is 48.5 Å². The summed E-state index contributed by atoms with van der Waals surface area (Å²) in [6, 6.07) is 21.5. The zero-order valence-electron chi connectivity index (χ0n) is 19.0. The number of anilines is 2. The van der Waals surface area contributed by atoms with Gasteiger partial charge in [0.1, 0.15) is 0 Å². The van der Waals surface area contributed by atoms with Crippen molar-refractivity contribution in [1.82, 2.24) is 9.73 Å². The van der Waals surface area contributed by atoms with E-state index in [-0.39, 0.29) is 10.5 Å². The minimum atomic E-state index is -3.65. The van der Waals surface area contributed by atoms with Crippen LogP contribution >= 0.6 is 0 Å². The summed E-state index contributed by atoms with van der Waals surface area (Å²) in [4.78, 5) is 37.7. The van der Waals surface area contributed by atoms with Crippen molar-refractivity contribution in [3.05, 3.63) is 90.5 Å². The number of nitrogens with one attached hydrogen (secondary N) is 2. The van der Waals surface area contributed by atoms with Gasteiger partial charge in [0.15, 0.2) is 6.61 Å². The highest BCUT2D eigenvalue weighted by atomic mass is 32.2. The Bertz CT molecular complexity index is 1280. The minimum absolute atomic E-state index is 0.0130. The SMILES string of the molecule is CN(C)S(=O)(=O)c1ccc(C(=O)OCC(=O)N(NC(=O)Nc2ccccc2)c2ccccc2)cc1. The third-order valence-corrected chi connectivity index (χ3v) is 6.53. The number of rotatable bonds is 7. The molecule has 3 aromatic rings. The lowest BCUT2D eigenvalue weighted by Gasteiger charge is -2.23. The fourth-order valence-electron chi connectivity index (χ4n) is 2.88. The predicted octanol–water partition coefficient (Wildman–Crippen LogP) is 2.86. The Hall–Kier alpha value is -4.22. The van der Waals surface area contributed by atoms with Gasteiger partial charge < -0.3 is 10.1 Å². The first kappa shape index (κ1) is 25.4. The number of ether oxygens (including phenoxy) is 1. The van der Waals surface area contributed by atoms with Crippen LogP contribution in [-0.2, 0) is 19.6 Å². The molecule has 0 aromatic heterocycles. The summed E-state index contributed by atoms with van der Waals surface area (Å²) in [6.45, 7) is -0.670. The number of carbonyl (C=O) groups excluding carboxylic acids is 3. The maximum atomic E-state index is 12.8. The van der Waals surface area contributed by atoms with E-state index in [2.05, 4.69) is 10.7 Å². The van der Waals surface area contributed by atoms with E-state index in [1.54, 1.807) is 60.7 Å². The third-order valence-electron chi connectivity index (χ3n) is 4.70. The molecule has 0 heterocycles. The molecule has 0 atom stereocenters. The highest BCUT2D eigenvalue weighted by molar-refractivity contribution is 7.89. The number of hydrazine groups is 1. The van der Waals surface area contributed by atoms with Crippen molar-refractivity contribution in [2.75, 3.05) is 31.0 Å². The zero-order valence-corrected chi connectivity index (χ0v) is 19.9. The van der Waals surface area contributed by atoms with Crippen molar-refractivity contribution < 1.29 is 27.5 Å². The van der Waals surface area contributed by atoms with Gasteiger partial charge in [-0.3, -0.25) is 4.79 Å². The number of carbonyl (C=O) groups is 3. The van der Waals surface area contributed by atoms with Crippen LogP contribution in [0.2, 0.25) is 0 Å². The smallest absolute Gasteiger partial charge is 0.338 e. The molecule has 0 unspecified atom stereocenters. The molecule has 0 radical (unpaired) electrons. The number of benzene rings is 3. The Morgan fingerprint density at radius 2 is 1.40 bits per heavy atom. The molecular formula is C24H24N4O6S. The van der Waals surface area contributed by atoms with Gasteiger partial charge in [-0.1, -0.05) is 36.4 Å². The number of sulfonamides is 1. The summed E-state index contributed by atoms with van der Waals surface area (Å²) in [5, 5.41) is 3.58. The zero-order chi connectivity index (χ0) is 25.4. The topological polar surface area (TPSA) is 125 Å². The van der Waals surface area contributed by atoms with Crippen molar-refractivity contribution in [1.29, 1.82) is 0 Å². The molecule has 182 valence electrons. The number of nitrogens with zero attached hydrogens (tertiary/aromatic N) is 2. The van der Waals surface area contributed by atoms with Gasteiger partial charge in [0.25, 0.3) is 5.91 Å². The molecule has 0 fully saturated rings. The van der Waals surface area contributed by atoms with E-state index in [9.17, 15) is 22.8 Å². The van der Waals surface area contributed by atoms with Crippen LogP contribution in [0.4, 0.5) is 16.2 Å². The van der Waals surface area contributed by atoms with E-state index < -0.39 is 34.5 Å². The van der Waals surface area contributed by atoms with Crippen LogP contribution in [-0.4, -0.2) is 51.3 Å². The Balaban J connectivity index is 1.67. The second-order valence-corrected chi connectivity index (χ2v) is 9.54. The van der Waals surface area contributed by atoms with Crippen molar-refractivity contribution in [2.24, 2.45) is 0 Å². The van der Waals surface area contributed by atoms with Crippen LogP contribution in [0.5, 0.6) is 0 Å². The molecule has 0 spiro atoms.